The number of nitrogens with one attached hydrogen (secondary N) is 1. The third-order valence-electron chi connectivity index (χ3n) is 5.32. The average Bonchev–Trinajstić information content (AvgIpc) is 3.26. The van der Waals surface area contributed by atoms with Crippen molar-refractivity contribution in [2.75, 3.05) is 14.2 Å². The molecule has 152 valence electrons. The highest BCUT2D eigenvalue weighted by Gasteiger charge is 2.29. The van der Waals surface area contributed by atoms with Gasteiger partial charge in [0.1, 0.15) is 6.04 Å². The van der Waals surface area contributed by atoms with Crippen molar-refractivity contribution in [3.8, 4) is 28.6 Å². The van der Waals surface area contributed by atoms with Crippen LogP contribution >= 0.6 is 0 Å². The first-order valence-corrected chi connectivity index (χ1v) is 9.32. The number of rotatable bonds is 4. The lowest BCUT2D eigenvalue weighted by molar-refractivity contribution is -0.754. The number of nitrogens with zero attached hydrogens (tertiary/aromatic N) is 4. The Balaban J connectivity index is 2.04. The van der Waals surface area contributed by atoms with Crippen LogP contribution in [0, 0.1) is 0 Å². The van der Waals surface area contributed by atoms with E-state index in [1.165, 1.54) is 21.3 Å². The van der Waals surface area contributed by atoms with Crippen LogP contribution in [0.15, 0.2) is 21.7 Å². The Kier molecular flexibility index (Phi) is 4.69. The first-order chi connectivity index (χ1) is 13.9. The summed E-state index contributed by atoms with van der Waals surface area (Å²) >= 11 is 0. The van der Waals surface area contributed by atoms with Crippen LogP contribution in [0.2, 0.25) is 0 Å². The SMILES string of the molecule is COc1cc(-c2nc3c(=O)n(C)c(=O)[nH]c3[n+](C3CCCC3)n2)cc(OC)c1O. The monoisotopic (exact) mass is 400 g/mol. The van der Waals surface area contributed by atoms with Gasteiger partial charge in [-0.1, -0.05) is 5.10 Å². The van der Waals surface area contributed by atoms with Crippen molar-refractivity contribution >= 4 is 11.2 Å². The van der Waals surface area contributed by atoms with Gasteiger partial charge in [0.15, 0.2) is 11.5 Å². The number of H-pyrrole nitrogens is 1. The van der Waals surface area contributed by atoms with Crippen molar-refractivity contribution in [3.63, 3.8) is 0 Å². The van der Waals surface area contributed by atoms with E-state index in [2.05, 4.69) is 15.1 Å². The summed E-state index contributed by atoms with van der Waals surface area (Å²) in [6.45, 7) is 0. The lowest BCUT2D eigenvalue weighted by Crippen LogP contribution is -2.47. The Morgan fingerprint density at radius 1 is 1.17 bits per heavy atom. The van der Waals surface area contributed by atoms with Gasteiger partial charge < -0.3 is 14.6 Å². The van der Waals surface area contributed by atoms with Gasteiger partial charge in [0.05, 0.1) is 14.2 Å². The highest BCUT2D eigenvalue weighted by molar-refractivity contribution is 5.70. The van der Waals surface area contributed by atoms with E-state index in [-0.39, 0.29) is 34.6 Å². The molecule has 10 nitrogen and oxygen atoms in total. The van der Waals surface area contributed by atoms with Crippen molar-refractivity contribution in [2.45, 2.75) is 31.7 Å². The number of phenols is 1. The summed E-state index contributed by atoms with van der Waals surface area (Å²) in [5, 5.41) is 14.8. The van der Waals surface area contributed by atoms with Gasteiger partial charge in [0, 0.05) is 12.6 Å². The van der Waals surface area contributed by atoms with E-state index in [9.17, 15) is 14.7 Å². The van der Waals surface area contributed by atoms with Gasteiger partial charge in [-0.05, 0) is 37.8 Å². The maximum Gasteiger partial charge on any atom is 0.416 e. The molecule has 2 N–H and O–H groups in total. The number of aromatic hydroxyl groups is 1. The maximum absolute atomic E-state index is 12.8. The molecule has 10 heteroatoms. The van der Waals surface area contributed by atoms with Gasteiger partial charge in [-0.15, -0.1) is 4.68 Å². The molecule has 1 aliphatic rings. The second-order valence-corrected chi connectivity index (χ2v) is 7.04. The Labute approximate surface area is 165 Å². The lowest BCUT2D eigenvalue weighted by atomic mass is 10.1. The zero-order chi connectivity index (χ0) is 20.7. The van der Waals surface area contributed by atoms with Gasteiger partial charge in [-0.3, -0.25) is 4.79 Å². The summed E-state index contributed by atoms with van der Waals surface area (Å²) in [6.07, 6.45) is 3.90. The molecule has 0 saturated heterocycles. The van der Waals surface area contributed by atoms with E-state index >= 15 is 0 Å². The predicted molar refractivity (Wildman–Crippen MR) is 103 cm³/mol. The average molecular weight is 400 g/mol. The van der Waals surface area contributed by atoms with E-state index in [1.807, 2.05) is 0 Å². The second kappa shape index (κ2) is 7.19. The van der Waals surface area contributed by atoms with E-state index < -0.39 is 11.2 Å². The molecule has 0 amide bonds. The molecule has 2 heterocycles. The molecule has 0 aliphatic heterocycles. The van der Waals surface area contributed by atoms with Crippen molar-refractivity contribution in [1.82, 2.24) is 19.6 Å². The number of hydrogen-bond acceptors (Lipinski definition) is 7. The first-order valence-electron chi connectivity index (χ1n) is 9.32. The van der Waals surface area contributed by atoms with Gasteiger partial charge >= 0.3 is 11.3 Å². The van der Waals surface area contributed by atoms with Gasteiger partial charge in [0.2, 0.25) is 17.1 Å². The molecule has 0 unspecified atom stereocenters. The first kappa shape index (κ1) is 18.9. The number of fused-ring (bicyclic) bond motifs is 1. The van der Waals surface area contributed by atoms with Crippen molar-refractivity contribution in [3.05, 3.63) is 33.0 Å². The smallest absolute Gasteiger partial charge is 0.416 e. The summed E-state index contributed by atoms with van der Waals surface area (Å²) < 4.78 is 13.1. The van der Waals surface area contributed by atoms with Crippen LogP contribution in [0.25, 0.3) is 22.6 Å². The highest BCUT2D eigenvalue weighted by atomic mass is 16.5. The molecule has 4 rings (SSSR count). The molecule has 1 saturated carbocycles. The largest absolute Gasteiger partial charge is 0.502 e. The van der Waals surface area contributed by atoms with Crippen LogP contribution in [0.1, 0.15) is 31.7 Å². The van der Waals surface area contributed by atoms with Crippen LogP contribution in [0.4, 0.5) is 0 Å². The summed E-state index contributed by atoms with van der Waals surface area (Å²) in [5.41, 5.74) is -0.0738. The molecule has 3 aromatic rings. The summed E-state index contributed by atoms with van der Waals surface area (Å²) in [4.78, 5) is 32.1. The highest BCUT2D eigenvalue weighted by Crippen LogP contribution is 2.39. The summed E-state index contributed by atoms with van der Waals surface area (Å²) in [6, 6.07) is 3.21. The van der Waals surface area contributed by atoms with Crippen LogP contribution in [-0.4, -0.2) is 39.0 Å². The third-order valence-corrected chi connectivity index (χ3v) is 5.32. The van der Waals surface area contributed by atoms with E-state index in [4.69, 9.17) is 9.47 Å². The maximum atomic E-state index is 12.8. The van der Waals surface area contributed by atoms with Crippen LogP contribution in [0.5, 0.6) is 17.2 Å². The molecule has 0 spiro atoms. The van der Waals surface area contributed by atoms with Crippen molar-refractivity contribution in [1.29, 1.82) is 0 Å². The van der Waals surface area contributed by atoms with E-state index in [0.29, 0.717) is 11.2 Å². The minimum atomic E-state index is -0.515. The molecule has 2 aromatic heterocycles. The van der Waals surface area contributed by atoms with Gasteiger partial charge in [-0.2, -0.15) is 4.98 Å². The second-order valence-electron chi connectivity index (χ2n) is 7.04. The number of aromatic nitrogens is 5. The zero-order valence-electron chi connectivity index (χ0n) is 16.4. The predicted octanol–water partition coefficient (Wildman–Crippen LogP) is 0.809. The fourth-order valence-electron chi connectivity index (χ4n) is 3.70. The Morgan fingerprint density at radius 3 is 2.38 bits per heavy atom. The molecular weight excluding hydrogens is 378 g/mol. The quantitative estimate of drug-likeness (QED) is 0.621. The lowest BCUT2D eigenvalue weighted by Gasteiger charge is -2.12. The van der Waals surface area contributed by atoms with Gasteiger partial charge in [-0.25, -0.2) is 14.3 Å². The van der Waals surface area contributed by atoms with Crippen LogP contribution in [0.3, 0.4) is 0 Å². The van der Waals surface area contributed by atoms with Crippen LogP contribution in [-0.2, 0) is 7.05 Å². The summed E-state index contributed by atoms with van der Waals surface area (Å²) in [5.74, 6) is 0.531. The third kappa shape index (κ3) is 3.10. The standard InChI is InChI=1S/C19H21N5O5/c1-23-18(26)14-17(21-19(23)27)24(11-6-4-5-7-11)22-16(20-14)10-8-12(28-2)15(25)13(9-10)29-3/h8-9,11H,4-7H2,1-3H3,(H,22,25)/p+1. The van der Waals surface area contributed by atoms with Crippen molar-refractivity contribution < 1.29 is 19.3 Å². The minimum absolute atomic E-state index is 0.0583. The molecule has 1 fully saturated rings. The zero-order valence-corrected chi connectivity index (χ0v) is 16.4. The molecule has 29 heavy (non-hydrogen) atoms. The normalized spacial score (nSPS) is 14.4. The summed E-state index contributed by atoms with van der Waals surface area (Å²) in [7, 11) is 4.26. The number of methoxy groups -OCH3 is 2. The Hall–Kier alpha value is -3.43. The number of hydrogen-bond donors (Lipinski definition) is 2. The minimum Gasteiger partial charge on any atom is -0.502 e. The molecular formula is C19H22N5O5+. The molecule has 1 aromatic carbocycles. The topological polar surface area (TPSA) is 123 Å². The van der Waals surface area contributed by atoms with Crippen LogP contribution < -0.4 is 25.4 Å². The molecule has 0 radical (unpaired) electrons. The fraction of sp³-hybridized carbons (Fsp3) is 0.421. The molecule has 0 bridgehead atoms. The Bertz CT molecular complexity index is 1190. The number of phenolic OH excluding ortho intramolecular Hbond substituents is 1. The van der Waals surface area contributed by atoms with Crippen molar-refractivity contribution in [2.24, 2.45) is 7.05 Å². The van der Waals surface area contributed by atoms with E-state index in [0.717, 1.165) is 30.3 Å². The van der Waals surface area contributed by atoms with E-state index in [1.54, 1.807) is 16.8 Å². The Morgan fingerprint density at radius 2 is 1.79 bits per heavy atom. The number of benzene rings is 1. The molecule has 1 aliphatic carbocycles. The number of ether oxygens (including phenoxy) is 2. The molecule has 0 atom stereocenters. The van der Waals surface area contributed by atoms with Gasteiger partial charge in [0.25, 0.3) is 5.56 Å². The number of aromatic amines is 1. The fourth-order valence-corrected chi connectivity index (χ4v) is 3.70.